The maximum Gasteiger partial charge on any atom is 0.220 e. The molecule has 0 bridgehead atoms. The molecule has 1 saturated carbocycles. The molecule has 3 N–H and O–H groups in total. The number of rotatable bonds is 5. The first-order valence-electron chi connectivity index (χ1n) is 6.80. The summed E-state index contributed by atoms with van der Waals surface area (Å²) in [6, 6.07) is 7.69. The molecule has 0 aliphatic heterocycles. The number of carbonyl (C=O) groups is 1. The highest BCUT2D eigenvalue weighted by Crippen LogP contribution is 2.27. The standard InChI is InChI=1S/C15H20N2OS/c16-15(19)13-7-3-6-12(8-13)10-17-14(18)9-11-4-1-2-5-11/h3,6-8,11H,1-2,4-5,9-10H2,(H2,16,19)(H,17,18). The zero-order valence-corrected chi connectivity index (χ0v) is 11.8. The maximum atomic E-state index is 11.8. The fourth-order valence-corrected chi connectivity index (χ4v) is 2.71. The van der Waals surface area contributed by atoms with E-state index < -0.39 is 0 Å². The molecule has 0 heterocycles. The Balaban J connectivity index is 1.82. The van der Waals surface area contributed by atoms with Crippen molar-refractivity contribution in [1.82, 2.24) is 5.32 Å². The molecule has 0 unspecified atom stereocenters. The van der Waals surface area contributed by atoms with Crippen molar-refractivity contribution in [3.63, 3.8) is 0 Å². The van der Waals surface area contributed by atoms with Gasteiger partial charge in [0.1, 0.15) is 4.99 Å². The lowest BCUT2D eigenvalue weighted by molar-refractivity contribution is -0.122. The van der Waals surface area contributed by atoms with Gasteiger partial charge in [0.15, 0.2) is 0 Å². The minimum atomic E-state index is 0.146. The van der Waals surface area contributed by atoms with Gasteiger partial charge >= 0.3 is 0 Å². The topological polar surface area (TPSA) is 55.1 Å². The van der Waals surface area contributed by atoms with Gasteiger partial charge in [-0.25, -0.2) is 0 Å². The summed E-state index contributed by atoms with van der Waals surface area (Å²) in [6.07, 6.45) is 5.60. The van der Waals surface area contributed by atoms with E-state index in [0.717, 1.165) is 11.1 Å². The van der Waals surface area contributed by atoms with Crippen molar-refractivity contribution < 1.29 is 4.79 Å². The normalized spacial score (nSPS) is 15.4. The van der Waals surface area contributed by atoms with Crippen LogP contribution in [0.4, 0.5) is 0 Å². The van der Waals surface area contributed by atoms with E-state index in [2.05, 4.69) is 5.32 Å². The average Bonchev–Trinajstić information content (AvgIpc) is 2.89. The third-order valence-corrected chi connectivity index (χ3v) is 3.89. The SMILES string of the molecule is NC(=S)c1cccc(CNC(=O)CC2CCCC2)c1. The molecule has 0 saturated heterocycles. The number of hydrogen-bond acceptors (Lipinski definition) is 2. The van der Waals surface area contributed by atoms with Gasteiger partial charge < -0.3 is 11.1 Å². The highest BCUT2D eigenvalue weighted by Gasteiger charge is 2.18. The van der Waals surface area contributed by atoms with Crippen LogP contribution in [-0.2, 0) is 11.3 Å². The molecule has 0 radical (unpaired) electrons. The monoisotopic (exact) mass is 276 g/mol. The van der Waals surface area contributed by atoms with E-state index in [1.165, 1.54) is 25.7 Å². The Morgan fingerprint density at radius 2 is 2.11 bits per heavy atom. The third-order valence-electron chi connectivity index (χ3n) is 3.65. The van der Waals surface area contributed by atoms with Crippen LogP contribution < -0.4 is 11.1 Å². The van der Waals surface area contributed by atoms with Crippen molar-refractivity contribution in [2.75, 3.05) is 0 Å². The molecule has 4 heteroatoms. The van der Waals surface area contributed by atoms with E-state index >= 15 is 0 Å². The van der Waals surface area contributed by atoms with Gasteiger partial charge in [0, 0.05) is 18.5 Å². The molecule has 1 aliphatic carbocycles. The number of thiocarbonyl (C=S) groups is 1. The maximum absolute atomic E-state index is 11.8. The Bertz CT molecular complexity index is 467. The lowest BCUT2D eigenvalue weighted by Crippen LogP contribution is -2.24. The largest absolute Gasteiger partial charge is 0.389 e. The van der Waals surface area contributed by atoms with Gasteiger partial charge in [0.25, 0.3) is 0 Å². The molecule has 1 fully saturated rings. The van der Waals surface area contributed by atoms with E-state index in [0.29, 0.717) is 23.9 Å². The van der Waals surface area contributed by atoms with Gasteiger partial charge in [0.05, 0.1) is 0 Å². The second-order valence-corrected chi connectivity index (χ2v) is 5.64. The molecule has 102 valence electrons. The van der Waals surface area contributed by atoms with Crippen LogP contribution in [0.3, 0.4) is 0 Å². The minimum Gasteiger partial charge on any atom is -0.389 e. The first-order chi connectivity index (χ1) is 9.15. The molecular weight excluding hydrogens is 256 g/mol. The number of carbonyl (C=O) groups excluding carboxylic acids is 1. The summed E-state index contributed by atoms with van der Waals surface area (Å²) in [4.78, 5) is 12.2. The number of amides is 1. The quantitative estimate of drug-likeness (QED) is 0.813. The molecule has 0 atom stereocenters. The Kier molecular flexibility index (Phi) is 4.91. The smallest absolute Gasteiger partial charge is 0.220 e. The summed E-state index contributed by atoms with van der Waals surface area (Å²) in [5.41, 5.74) is 7.47. The lowest BCUT2D eigenvalue weighted by atomic mass is 10.0. The summed E-state index contributed by atoms with van der Waals surface area (Å²) in [5.74, 6) is 0.732. The van der Waals surface area contributed by atoms with Crippen LogP contribution in [0.15, 0.2) is 24.3 Å². The summed E-state index contributed by atoms with van der Waals surface area (Å²) in [6.45, 7) is 0.544. The van der Waals surface area contributed by atoms with Gasteiger partial charge in [-0.2, -0.15) is 0 Å². The summed E-state index contributed by atoms with van der Waals surface area (Å²) in [5, 5.41) is 2.97. The third kappa shape index (κ3) is 4.31. The predicted octanol–water partition coefficient (Wildman–Crippen LogP) is 2.52. The average molecular weight is 276 g/mol. The second kappa shape index (κ2) is 6.66. The van der Waals surface area contributed by atoms with Crippen LogP contribution in [0.1, 0.15) is 43.2 Å². The molecule has 0 aromatic heterocycles. The highest BCUT2D eigenvalue weighted by atomic mass is 32.1. The van der Waals surface area contributed by atoms with Crippen molar-refractivity contribution in [1.29, 1.82) is 0 Å². The van der Waals surface area contributed by atoms with Crippen molar-refractivity contribution in [3.8, 4) is 0 Å². The first kappa shape index (κ1) is 14.0. The van der Waals surface area contributed by atoms with Gasteiger partial charge in [-0.3, -0.25) is 4.79 Å². The van der Waals surface area contributed by atoms with Gasteiger partial charge in [-0.15, -0.1) is 0 Å². The van der Waals surface area contributed by atoms with E-state index in [9.17, 15) is 4.79 Å². The Morgan fingerprint density at radius 3 is 2.79 bits per heavy atom. The first-order valence-corrected chi connectivity index (χ1v) is 7.21. The van der Waals surface area contributed by atoms with Gasteiger partial charge in [-0.1, -0.05) is 43.3 Å². The van der Waals surface area contributed by atoms with Crippen molar-refractivity contribution in [3.05, 3.63) is 35.4 Å². The fourth-order valence-electron chi connectivity index (χ4n) is 2.58. The molecule has 0 spiro atoms. The summed E-state index contributed by atoms with van der Waals surface area (Å²) in [7, 11) is 0. The van der Waals surface area contributed by atoms with Crippen LogP contribution in [0.2, 0.25) is 0 Å². The zero-order chi connectivity index (χ0) is 13.7. The molecule has 1 aromatic rings. The van der Waals surface area contributed by atoms with Crippen LogP contribution in [0.25, 0.3) is 0 Å². The molecule has 1 aliphatic rings. The number of nitrogens with two attached hydrogens (primary N) is 1. The summed E-state index contributed by atoms with van der Waals surface area (Å²) >= 11 is 4.94. The predicted molar refractivity (Wildman–Crippen MR) is 80.8 cm³/mol. The Hall–Kier alpha value is -1.42. The number of nitrogens with one attached hydrogen (secondary N) is 1. The molecular formula is C15H20N2OS. The van der Waals surface area contributed by atoms with Gasteiger partial charge in [0.2, 0.25) is 5.91 Å². The molecule has 19 heavy (non-hydrogen) atoms. The molecule has 3 nitrogen and oxygen atoms in total. The van der Waals surface area contributed by atoms with Crippen molar-refractivity contribution in [2.24, 2.45) is 11.7 Å². The zero-order valence-electron chi connectivity index (χ0n) is 11.0. The van der Waals surface area contributed by atoms with Crippen LogP contribution in [-0.4, -0.2) is 10.9 Å². The highest BCUT2D eigenvalue weighted by molar-refractivity contribution is 7.80. The van der Waals surface area contributed by atoms with E-state index in [-0.39, 0.29) is 5.91 Å². The fraction of sp³-hybridized carbons (Fsp3) is 0.467. The van der Waals surface area contributed by atoms with Crippen LogP contribution in [0.5, 0.6) is 0 Å². The molecule has 1 amide bonds. The molecule has 1 aromatic carbocycles. The number of hydrogen-bond donors (Lipinski definition) is 2. The second-order valence-electron chi connectivity index (χ2n) is 5.20. The lowest BCUT2D eigenvalue weighted by Gasteiger charge is -2.10. The Labute approximate surface area is 119 Å². The summed E-state index contributed by atoms with van der Waals surface area (Å²) < 4.78 is 0. The minimum absolute atomic E-state index is 0.146. The number of benzene rings is 1. The van der Waals surface area contributed by atoms with Crippen molar-refractivity contribution in [2.45, 2.75) is 38.6 Å². The molecule has 2 rings (SSSR count). The van der Waals surface area contributed by atoms with E-state index in [4.69, 9.17) is 18.0 Å². The van der Waals surface area contributed by atoms with Gasteiger partial charge in [-0.05, 0) is 30.4 Å². The van der Waals surface area contributed by atoms with E-state index in [1.54, 1.807) is 0 Å². The van der Waals surface area contributed by atoms with Crippen LogP contribution in [0, 0.1) is 5.92 Å². The van der Waals surface area contributed by atoms with Crippen LogP contribution >= 0.6 is 12.2 Å². The Morgan fingerprint density at radius 1 is 1.37 bits per heavy atom. The van der Waals surface area contributed by atoms with Crippen molar-refractivity contribution >= 4 is 23.1 Å². The van der Waals surface area contributed by atoms with E-state index in [1.807, 2.05) is 24.3 Å².